The quantitative estimate of drug-likeness (QED) is 0.351. The van der Waals surface area contributed by atoms with Gasteiger partial charge < -0.3 is 0 Å². The van der Waals surface area contributed by atoms with E-state index >= 15 is 0 Å². The third-order valence-electron chi connectivity index (χ3n) is 0. The minimum atomic E-state index is -1.61. The van der Waals surface area contributed by atoms with E-state index in [4.69, 9.17) is 81.2 Å². The number of hydrogen-bond acceptors (Lipinski definition) is 0. The second-order valence-corrected chi connectivity index (χ2v) is 7.49. The molecule has 0 amide bonds. The molecule has 0 aromatic heterocycles. The first-order valence-electron chi connectivity index (χ1n) is 1.82. The topological polar surface area (TPSA) is 0 Å². The summed E-state index contributed by atoms with van der Waals surface area (Å²) in [5, 5.41) is 0. The molecule has 0 unspecified atom stereocenters. The molecule has 0 aliphatic carbocycles. The zero-order valence-corrected chi connectivity index (χ0v) is 16.1. The molecule has 0 saturated carbocycles. The van der Waals surface area contributed by atoms with Crippen LogP contribution in [0.2, 0.25) is 0 Å². The summed E-state index contributed by atoms with van der Waals surface area (Å²) in [5.74, 6) is 0. The van der Waals surface area contributed by atoms with E-state index in [-0.39, 0.29) is 27.3 Å². The maximum atomic E-state index is 5.06. The average Bonchev–Trinajstić information content (AvgIpc) is 1.12. The summed E-state index contributed by atoms with van der Waals surface area (Å²) in [6.45, 7) is 1.48. The molecule has 0 spiro atoms. The Labute approximate surface area is 121 Å². The van der Waals surface area contributed by atoms with Crippen molar-refractivity contribution in [3.8, 4) is 0 Å². The Morgan fingerprint density at radius 3 is 0.727 bits per heavy atom. The van der Waals surface area contributed by atoms with E-state index in [1.807, 2.05) is 0 Å². The Morgan fingerprint density at radius 2 is 0.727 bits per heavy atom. The van der Waals surface area contributed by atoms with Gasteiger partial charge in [-0.05, 0) is 6.92 Å². The first kappa shape index (κ1) is 19.5. The van der Waals surface area contributed by atoms with Gasteiger partial charge in [-0.2, -0.15) is 0 Å². The zero-order chi connectivity index (χ0) is 9.00. The first-order chi connectivity index (χ1) is 4.00. The molecule has 0 N–H and O–H groups in total. The monoisotopic (exact) mass is 494 g/mol. The molecule has 0 aromatic carbocycles. The van der Waals surface area contributed by atoms with Crippen LogP contribution < -0.4 is 0 Å². The van der Waals surface area contributed by atoms with Crippen molar-refractivity contribution in [2.45, 2.75) is 14.0 Å². The van der Waals surface area contributed by atoms with Crippen molar-refractivity contribution < 1.29 is 0 Å². The van der Waals surface area contributed by atoms with Gasteiger partial charge in [0.25, 0.3) is 3.25 Å². The Morgan fingerprint density at radius 1 is 0.727 bits per heavy atom. The van der Waals surface area contributed by atoms with E-state index in [1.165, 1.54) is 6.92 Å². The number of hydrogen-bond donors (Lipinski definition) is 0. The molecule has 0 saturated heterocycles. The van der Waals surface area contributed by atoms with Gasteiger partial charge >= 0.3 is 27.3 Å². The molecule has 0 heterocycles. The maximum absolute atomic E-state index is 5.06. The molecule has 0 nitrogen and oxygen atoms in total. The van der Waals surface area contributed by atoms with Crippen LogP contribution in [0.25, 0.3) is 0 Å². The molecular formula is C3H5Cl7Pb. The molecule has 11 heavy (non-hydrogen) atoms. The molecule has 70 valence electrons. The van der Waals surface area contributed by atoms with Crippen LogP contribution in [-0.2, 0) is 0 Å². The standard InChI is InChI=1S/C2H3Cl3.CCl4.Pb.2H/c1-2(3,4)5;2-1(3,4)5;;;/h1H3;;;;. The van der Waals surface area contributed by atoms with E-state index in [0.29, 0.717) is 0 Å². The predicted molar refractivity (Wildman–Crippen MR) is 60.7 cm³/mol. The van der Waals surface area contributed by atoms with Crippen LogP contribution >= 0.6 is 81.2 Å². The van der Waals surface area contributed by atoms with Crippen LogP contribution in [0, 0.1) is 0 Å². The van der Waals surface area contributed by atoms with Gasteiger partial charge in [-0.3, -0.25) is 0 Å². The molecule has 8 heteroatoms. The van der Waals surface area contributed by atoms with Crippen molar-refractivity contribution in [1.82, 2.24) is 0 Å². The van der Waals surface area contributed by atoms with Crippen molar-refractivity contribution in [3.05, 3.63) is 0 Å². The van der Waals surface area contributed by atoms with Crippen LogP contribution in [0.3, 0.4) is 0 Å². The van der Waals surface area contributed by atoms with E-state index in [2.05, 4.69) is 0 Å². The molecule has 0 bridgehead atoms. The predicted octanol–water partition coefficient (Wildman–Crippen LogP) is 4.01. The zero-order valence-electron chi connectivity index (χ0n) is 5.35. The van der Waals surface area contributed by atoms with Crippen LogP contribution in [0.15, 0.2) is 0 Å². The Balaban J connectivity index is -0.000000107. The first-order valence-corrected chi connectivity index (χ1v) is 4.47. The Bertz CT molecular complexity index is 56.7. The summed E-state index contributed by atoms with van der Waals surface area (Å²) >= 11 is 34.5. The van der Waals surface area contributed by atoms with Crippen molar-refractivity contribution in [2.24, 2.45) is 0 Å². The molecule has 0 aliphatic heterocycles. The number of rotatable bonds is 0. The molecule has 0 aromatic rings. The second kappa shape index (κ2) is 8.28. The van der Waals surface area contributed by atoms with Crippen molar-refractivity contribution in [2.75, 3.05) is 0 Å². The van der Waals surface area contributed by atoms with E-state index in [1.54, 1.807) is 0 Å². The third-order valence-corrected chi connectivity index (χ3v) is 0. The second-order valence-electron chi connectivity index (χ2n) is 1.21. The van der Waals surface area contributed by atoms with Gasteiger partial charge in [0.1, 0.15) is 0 Å². The van der Waals surface area contributed by atoms with Gasteiger partial charge in [0.2, 0.25) is 0 Å². The summed E-state index contributed by atoms with van der Waals surface area (Å²) in [4.78, 5) is 0. The third kappa shape index (κ3) is 178. The van der Waals surface area contributed by atoms with Gasteiger partial charge in [0.15, 0.2) is 3.79 Å². The van der Waals surface area contributed by atoms with Gasteiger partial charge in [0.05, 0.1) is 0 Å². The van der Waals surface area contributed by atoms with Gasteiger partial charge in [-0.25, -0.2) is 0 Å². The molecular weight excluding hydrogens is 491 g/mol. The van der Waals surface area contributed by atoms with Gasteiger partial charge in [-0.1, -0.05) is 81.2 Å². The van der Waals surface area contributed by atoms with Crippen molar-refractivity contribution in [1.29, 1.82) is 0 Å². The minimum absolute atomic E-state index is 0. The van der Waals surface area contributed by atoms with E-state index in [9.17, 15) is 0 Å². The molecule has 0 fully saturated rings. The average molecular weight is 496 g/mol. The summed E-state index contributed by atoms with van der Waals surface area (Å²) in [6.07, 6.45) is 0. The Hall–Kier alpha value is 2.95. The summed E-state index contributed by atoms with van der Waals surface area (Å²) < 4.78 is -2.69. The van der Waals surface area contributed by atoms with Crippen LogP contribution in [0.5, 0.6) is 0 Å². The van der Waals surface area contributed by atoms with E-state index in [0.717, 1.165) is 0 Å². The van der Waals surface area contributed by atoms with Crippen LogP contribution in [0.4, 0.5) is 0 Å². The molecule has 2 radical (unpaired) electrons. The van der Waals surface area contributed by atoms with Crippen LogP contribution in [0.1, 0.15) is 6.92 Å². The molecule has 0 atom stereocenters. The normalized spacial score (nSPS) is 10.9. The fraction of sp³-hybridized carbons (Fsp3) is 1.00. The molecule has 0 rings (SSSR count). The van der Waals surface area contributed by atoms with Gasteiger partial charge in [0, 0.05) is 0 Å². The molecule has 0 aliphatic rings. The van der Waals surface area contributed by atoms with Crippen molar-refractivity contribution in [3.63, 3.8) is 0 Å². The van der Waals surface area contributed by atoms with Crippen molar-refractivity contribution >= 4 is 109 Å². The summed E-state index contributed by atoms with van der Waals surface area (Å²) in [7, 11) is 0. The van der Waals surface area contributed by atoms with E-state index < -0.39 is 7.04 Å². The fourth-order valence-corrected chi connectivity index (χ4v) is 0. The van der Waals surface area contributed by atoms with Crippen LogP contribution in [-0.4, -0.2) is 34.3 Å². The summed E-state index contributed by atoms with van der Waals surface area (Å²) in [5.41, 5.74) is 0. The number of alkyl halides is 7. The SMILES string of the molecule is CC(Cl)(Cl)Cl.ClC(Cl)(Cl)Cl.[PbH2]. The number of halogens is 7. The summed E-state index contributed by atoms with van der Waals surface area (Å²) in [6, 6.07) is 0. The van der Waals surface area contributed by atoms with Gasteiger partial charge in [-0.15, -0.1) is 0 Å². The fourth-order valence-electron chi connectivity index (χ4n) is 0. The Kier molecular flexibility index (Phi) is 14.7.